The average molecular weight is 404 g/mol. The van der Waals surface area contributed by atoms with Crippen molar-refractivity contribution in [2.75, 3.05) is 10.7 Å². The summed E-state index contributed by atoms with van der Waals surface area (Å²) < 4.78 is 0.867. The molecule has 21 heavy (non-hydrogen) atoms. The zero-order chi connectivity index (χ0) is 15.0. The van der Waals surface area contributed by atoms with E-state index in [0.717, 1.165) is 10.0 Å². The zero-order valence-corrected chi connectivity index (χ0v) is 14.5. The highest BCUT2D eigenvalue weighted by Gasteiger charge is 2.35. The summed E-state index contributed by atoms with van der Waals surface area (Å²) in [6.45, 7) is 0. The maximum absolute atomic E-state index is 12.2. The molecule has 0 spiro atoms. The van der Waals surface area contributed by atoms with Crippen LogP contribution in [-0.2, 0) is 4.79 Å². The van der Waals surface area contributed by atoms with Crippen LogP contribution >= 0.6 is 50.9 Å². The molecule has 0 radical (unpaired) electrons. The first-order valence-electron chi connectivity index (χ1n) is 6.06. The first-order chi connectivity index (χ1) is 10.1. The average Bonchev–Trinajstić information content (AvgIpc) is 2.82. The van der Waals surface area contributed by atoms with Crippen molar-refractivity contribution in [2.45, 2.75) is 5.37 Å². The molecule has 1 aromatic carbocycles. The predicted octanol–water partition coefficient (Wildman–Crippen LogP) is 4.93. The topological polar surface area (TPSA) is 33.2 Å². The number of amides is 1. The molecule has 0 unspecified atom stereocenters. The first-order valence-corrected chi connectivity index (χ1v) is 8.66. The predicted molar refractivity (Wildman–Crippen MR) is 91.1 cm³/mol. The van der Waals surface area contributed by atoms with Crippen LogP contribution < -0.4 is 4.90 Å². The Kier molecular flexibility index (Phi) is 4.45. The second-order valence-electron chi connectivity index (χ2n) is 4.43. The van der Waals surface area contributed by atoms with Gasteiger partial charge >= 0.3 is 0 Å². The third-order valence-corrected chi connectivity index (χ3v) is 5.28. The fraction of sp³-hybridized carbons (Fsp3) is 0.143. The van der Waals surface area contributed by atoms with Crippen molar-refractivity contribution < 1.29 is 4.79 Å². The fourth-order valence-electron chi connectivity index (χ4n) is 2.11. The summed E-state index contributed by atoms with van der Waals surface area (Å²) in [5.74, 6) is 1.04. The Hall–Kier alpha value is -0.750. The van der Waals surface area contributed by atoms with E-state index in [2.05, 4.69) is 20.9 Å². The van der Waals surface area contributed by atoms with Crippen LogP contribution in [0.15, 0.2) is 41.0 Å². The maximum Gasteiger partial charge on any atom is 0.239 e. The molecule has 2 aromatic rings. The van der Waals surface area contributed by atoms with Gasteiger partial charge in [-0.1, -0.05) is 29.3 Å². The number of carbonyl (C=O) groups excluding carboxylic acids is 1. The smallest absolute Gasteiger partial charge is 0.239 e. The van der Waals surface area contributed by atoms with Gasteiger partial charge in [0.2, 0.25) is 5.91 Å². The Labute approximate surface area is 144 Å². The van der Waals surface area contributed by atoms with Gasteiger partial charge in [0.15, 0.2) is 0 Å². The van der Waals surface area contributed by atoms with E-state index in [0.29, 0.717) is 21.6 Å². The van der Waals surface area contributed by atoms with Crippen LogP contribution in [0.5, 0.6) is 0 Å². The highest BCUT2D eigenvalue weighted by atomic mass is 79.9. The standard InChI is InChI=1S/C14H9BrCl2N2OS/c15-8-1-4-12(18-6-8)19-13(20)7-21-14(19)10-3-2-9(16)5-11(10)17/h1-6,14H,7H2/t14-/m0/s1. The molecule has 3 rings (SSSR count). The lowest BCUT2D eigenvalue weighted by Gasteiger charge is -2.24. The lowest BCUT2D eigenvalue weighted by atomic mass is 10.2. The van der Waals surface area contributed by atoms with Crippen LogP contribution in [0.25, 0.3) is 0 Å². The quantitative estimate of drug-likeness (QED) is 0.712. The van der Waals surface area contributed by atoms with Crippen LogP contribution in [0.3, 0.4) is 0 Å². The Morgan fingerprint density at radius 1 is 1.29 bits per heavy atom. The molecule has 0 saturated carbocycles. The lowest BCUT2D eigenvalue weighted by Crippen LogP contribution is -2.28. The number of nitrogens with zero attached hydrogens (tertiary/aromatic N) is 2. The van der Waals surface area contributed by atoms with E-state index < -0.39 is 0 Å². The summed E-state index contributed by atoms with van der Waals surface area (Å²) in [6, 6.07) is 8.99. The minimum absolute atomic E-state index is 0.0193. The molecule has 3 nitrogen and oxygen atoms in total. The molecule has 1 atom stereocenters. The third-order valence-electron chi connectivity index (χ3n) is 3.06. The highest BCUT2D eigenvalue weighted by molar-refractivity contribution is 9.10. The van der Waals surface area contributed by atoms with Crippen molar-refractivity contribution >= 4 is 62.6 Å². The molecule has 1 aromatic heterocycles. The number of aromatic nitrogens is 1. The summed E-state index contributed by atoms with van der Waals surface area (Å²) in [5, 5.41) is 0.944. The van der Waals surface area contributed by atoms with Gasteiger partial charge in [0.1, 0.15) is 11.2 Å². The van der Waals surface area contributed by atoms with Crippen LogP contribution in [0, 0.1) is 0 Å². The van der Waals surface area contributed by atoms with Crippen molar-refractivity contribution in [1.82, 2.24) is 4.98 Å². The summed E-state index contributed by atoms with van der Waals surface area (Å²) in [7, 11) is 0. The second-order valence-corrected chi connectivity index (χ2v) is 7.26. The normalized spacial score (nSPS) is 18.3. The van der Waals surface area contributed by atoms with Crippen molar-refractivity contribution in [3.8, 4) is 0 Å². The van der Waals surface area contributed by atoms with Gasteiger partial charge in [-0.3, -0.25) is 9.69 Å². The molecule has 0 aliphatic carbocycles. The van der Waals surface area contributed by atoms with Crippen molar-refractivity contribution in [2.24, 2.45) is 0 Å². The van der Waals surface area contributed by atoms with E-state index in [1.807, 2.05) is 18.2 Å². The molecule has 1 aliphatic heterocycles. The molecule has 0 bridgehead atoms. The van der Waals surface area contributed by atoms with Gasteiger partial charge < -0.3 is 0 Å². The highest BCUT2D eigenvalue weighted by Crippen LogP contribution is 2.43. The van der Waals surface area contributed by atoms with Crippen LogP contribution in [0.1, 0.15) is 10.9 Å². The van der Waals surface area contributed by atoms with Crippen LogP contribution in [0.4, 0.5) is 5.82 Å². The Morgan fingerprint density at radius 3 is 2.76 bits per heavy atom. The summed E-state index contributed by atoms with van der Waals surface area (Å²) in [4.78, 5) is 18.2. The molecule has 0 N–H and O–H groups in total. The number of carbonyl (C=O) groups is 1. The van der Waals surface area contributed by atoms with Crippen molar-refractivity contribution in [3.05, 3.63) is 56.6 Å². The van der Waals surface area contributed by atoms with Gasteiger partial charge in [-0.25, -0.2) is 4.98 Å². The molecule has 2 heterocycles. The second kappa shape index (κ2) is 6.16. The van der Waals surface area contributed by atoms with E-state index in [9.17, 15) is 4.79 Å². The molecule has 1 amide bonds. The van der Waals surface area contributed by atoms with Gasteiger partial charge in [-0.15, -0.1) is 11.8 Å². The van der Waals surface area contributed by atoms with E-state index in [1.165, 1.54) is 11.8 Å². The number of hydrogen-bond donors (Lipinski definition) is 0. The molecular formula is C14H9BrCl2N2OS. The van der Waals surface area contributed by atoms with Gasteiger partial charge in [0, 0.05) is 26.3 Å². The van der Waals surface area contributed by atoms with Crippen LogP contribution in [0.2, 0.25) is 10.0 Å². The number of anilines is 1. The number of halogens is 3. The van der Waals surface area contributed by atoms with E-state index >= 15 is 0 Å². The van der Waals surface area contributed by atoms with Crippen LogP contribution in [-0.4, -0.2) is 16.6 Å². The van der Waals surface area contributed by atoms with E-state index in [4.69, 9.17) is 23.2 Å². The molecule has 1 aliphatic rings. The van der Waals surface area contributed by atoms with Gasteiger partial charge in [-0.2, -0.15) is 0 Å². The number of thioether (sulfide) groups is 1. The molecule has 1 fully saturated rings. The molecule has 108 valence electrons. The van der Waals surface area contributed by atoms with Crippen molar-refractivity contribution in [3.63, 3.8) is 0 Å². The van der Waals surface area contributed by atoms with E-state index in [-0.39, 0.29) is 11.3 Å². The van der Waals surface area contributed by atoms with E-state index in [1.54, 1.807) is 23.2 Å². The summed E-state index contributed by atoms with van der Waals surface area (Å²) >= 11 is 17.1. The Balaban J connectivity index is 2.01. The summed E-state index contributed by atoms with van der Waals surface area (Å²) in [6.07, 6.45) is 1.67. The SMILES string of the molecule is O=C1CS[C@@H](c2ccc(Cl)cc2Cl)N1c1ccc(Br)cn1. The number of benzene rings is 1. The fourth-order valence-corrected chi connectivity index (χ4v) is 4.12. The molecule has 7 heteroatoms. The largest absolute Gasteiger partial charge is 0.279 e. The number of pyridine rings is 1. The Bertz CT molecular complexity index is 696. The van der Waals surface area contributed by atoms with Gasteiger partial charge in [0.05, 0.1) is 5.75 Å². The molecule has 1 saturated heterocycles. The minimum Gasteiger partial charge on any atom is -0.279 e. The van der Waals surface area contributed by atoms with Crippen molar-refractivity contribution in [1.29, 1.82) is 0 Å². The number of hydrogen-bond acceptors (Lipinski definition) is 3. The third kappa shape index (κ3) is 3.06. The number of rotatable bonds is 2. The lowest BCUT2D eigenvalue weighted by molar-refractivity contribution is -0.115. The summed E-state index contributed by atoms with van der Waals surface area (Å²) in [5.41, 5.74) is 0.863. The first kappa shape index (κ1) is 15.2. The Morgan fingerprint density at radius 2 is 2.10 bits per heavy atom. The minimum atomic E-state index is -0.184. The monoisotopic (exact) mass is 402 g/mol. The molecular weight excluding hydrogens is 395 g/mol. The zero-order valence-electron chi connectivity index (χ0n) is 10.6. The van der Waals surface area contributed by atoms with Gasteiger partial charge in [-0.05, 0) is 40.2 Å². The maximum atomic E-state index is 12.2. The van der Waals surface area contributed by atoms with Gasteiger partial charge in [0.25, 0.3) is 0 Å².